The van der Waals surface area contributed by atoms with Crippen LogP contribution in [0, 0.1) is 0 Å². The van der Waals surface area contributed by atoms with Crippen LogP contribution in [0.3, 0.4) is 0 Å². The molecule has 2 aliphatic rings. The average Bonchev–Trinajstić information content (AvgIpc) is 3.48. The topological polar surface area (TPSA) is 72.8 Å². The standard InChI is InChI=1S/C19H21N3O4/c23-16-8-9-22-17(18(16)26-12-14-4-2-1-3-5-14)19(24)21(13-20-22)10-11-25-15-6-7-15/h1-5,8-9,15,20H,6-7,10-13H2. The minimum absolute atomic E-state index is 0.0710. The second-order valence-electron chi connectivity index (χ2n) is 6.46. The van der Waals surface area contributed by atoms with Crippen LogP contribution in [-0.4, -0.2) is 41.4 Å². The van der Waals surface area contributed by atoms with E-state index in [-0.39, 0.29) is 29.4 Å². The molecule has 1 saturated carbocycles. The molecule has 0 spiro atoms. The van der Waals surface area contributed by atoms with E-state index in [2.05, 4.69) is 5.43 Å². The van der Waals surface area contributed by atoms with Crippen molar-refractivity contribution in [3.8, 4) is 5.75 Å². The number of rotatable bonds is 7. The van der Waals surface area contributed by atoms with Crippen molar-refractivity contribution in [3.63, 3.8) is 0 Å². The Morgan fingerprint density at radius 1 is 1.12 bits per heavy atom. The number of hydrogen-bond donors (Lipinski definition) is 1. The second kappa shape index (κ2) is 7.21. The lowest BCUT2D eigenvalue weighted by Crippen LogP contribution is -2.47. The van der Waals surface area contributed by atoms with Crippen molar-refractivity contribution >= 4 is 5.91 Å². The lowest BCUT2D eigenvalue weighted by Gasteiger charge is -2.31. The predicted molar refractivity (Wildman–Crippen MR) is 95.7 cm³/mol. The van der Waals surface area contributed by atoms with E-state index in [1.807, 2.05) is 30.3 Å². The number of hydrogen-bond acceptors (Lipinski definition) is 5. The number of nitrogens with zero attached hydrogens (tertiary/aromatic N) is 2. The monoisotopic (exact) mass is 355 g/mol. The van der Waals surface area contributed by atoms with Gasteiger partial charge in [0.1, 0.15) is 13.3 Å². The van der Waals surface area contributed by atoms with Gasteiger partial charge in [0.2, 0.25) is 5.43 Å². The van der Waals surface area contributed by atoms with Gasteiger partial charge in [0.15, 0.2) is 11.4 Å². The molecule has 1 aromatic carbocycles. The molecule has 0 bridgehead atoms. The Labute approximate surface area is 151 Å². The van der Waals surface area contributed by atoms with Gasteiger partial charge in [-0.1, -0.05) is 30.3 Å². The summed E-state index contributed by atoms with van der Waals surface area (Å²) in [5.74, 6) is -0.162. The van der Waals surface area contributed by atoms with Crippen molar-refractivity contribution < 1.29 is 14.3 Å². The first-order valence-corrected chi connectivity index (χ1v) is 8.79. The molecule has 2 heterocycles. The quantitative estimate of drug-likeness (QED) is 0.816. The van der Waals surface area contributed by atoms with E-state index in [1.165, 1.54) is 6.07 Å². The van der Waals surface area contributed by atoms with E-state index in [0.29, 0.717) is 25.9 Å². The Balaban J connectivity index is 1.52. The molecule has 1 amide bonds. The Kier molecular flexibility index (Phi) is 4.62. The predicted octanol–water partition coefficient (Wildman–Crippen LogP) is 1.56. The number of carbonyl (C=O) groups is 1. The first-order chi connectivity index (χ1) is 12.7. The zero-order chi connectivity index (χ0) is 17.9. The van der Waals surface area contributed by atoms with E-state index in [0.717, 1.165) is 18.4 Å². The molecule has 1 aromatic heterocycles. The van der Waals surface area contributed by atoms with Crippen LogP contribution < -0.4 is 15.6 Å². The molecule has 0 atom stereocenters. The van der Waals surface area contributed by atoms with Crippen LogP contribution in [0.4, 0.5) is 0 Å². The Morgan fingerprint density at radius 3 is 2.69 bits per heavy atom. The number of amides is 1. The van der Waals surface area contributed by atoms with Gasteiger partial charge in [-0.05, 0) is 18.4 Å². The van der Waals surface area contributed by atoms with Gasteiger partial charge in [0.25, 0.3) is 5.91 Å². The summed E-state index contributed by atoms with van der Waals surface area (Å²) in [5.41, 5.74) is 3.96. The first-order valence-electron chi connectivity index (χ1n) is 8.79. The summed E-state index contributed by atoms with van der Waals surface area (Å²) in [6, 6.07) is 10.9. The fraction of sp³-hybridized carbons (Fsp3) is 0.368. The van der Waals surface area contributed by atoms with Crippen LogP contribution in [0.15, 0.2) is 47.4 Å². The van der Waals surface area contributed by atoms with Gasteiger partial charge in [-0.3, -0.25) is 14.3 Å². The van der Waals surface area contributed by atoms with Crippen LogP contribution >= 0.6 is 0 Å². The lowest BCUT2D eigenvalue weighted by molar-refractivity contribution is 0.0582. The molecule has 1 aliphatic heterocycles. The highest BCUT2D eigenvalue weighted by atomic mass is 16.5. The van der Waals surface area contributed by atoms with Gasteiger partial charge < -0.3 is 19.8 Å². The maximum Gasteiger partial charge on any atom is 0.277 e. The largest absolute Gasteiger partial charge is 0.482 e. The summed E-state index contributed by atoms with van der Waals surface area (Å²) in [7, 11) is 0. The van der Waals surface area contributed by atoms with Crippen molar-refractivity contribution in [3.05, 3.63) is 64.1 Å². The second-order valence-corrected chi connectivity index (χ2v) is 6.46. The van der Waals surface area contributed by atoms with E-state index in [1.54, 1.807) is 15.8 Å². The fourth-order valence-electron chi connectivity index (χ4n) is 2.85. The molecule has 7 nitrogen and oxygen atoms in total. The first kappa shape index (κ1) is 16.7. The third-order valence-electron chi connectivity index (χ3n) is 4.44. The molecule has 1 aliphatic carbocycles. The van der Waals surface area contributed by atoms with Crippen molar-refractivity contribution in [2.24, 2.45) is 0 Å². The lowest BCUT2D eigenvalue weighted by atomic mass is 10.2. The molecule has 136 valence electrons. The maximum absolute atomic E-state index is 12.9. The van der Waals surface area contributed by atoms with E-state index < -0.39 is 0 Å². The molecule has 0 radical (unpaired) electrons. The highest BCUT2D eigenvalue weighted by Gasteiger charge is 2.29. The molecule has 4 rings (SSSR count). The molecule has 7 heteroatoms. The summed E-state index contributed by atoms with van der Waals surface area (Å²) >= 11 is 0. The Morgan fingerprint density at radius 2 is 1.92 bits per heavy atom. The highest BCUT2D eigenvalue weighted by molar-refractivity contribution is 5.96. The van der Waals surface area contributed by atoms with Crippen molar-refractivity contribution in [1.29, 1.82) is 0 Å². The molecule has 26 heavy (non-hydrogen) atoms. The molecular formula is C19H21N3O4. The highest BCUT2D eigenvalue weighted by Crippen LogP contribution is 2.23. The van der Waals surface area contributed by atoms with Crippen molar-refractivity contribution in [2.45, 2.75) is 25.6 Å². The maximum atomic E-state index is 12.9. The van der Waals surface area contributed by atoms with Gasteiger partial charge in [0, 0.05) is 18.8 Å². The van der Waals surface area contributed by atoms with Crippen LogP contribution in [0.5, 0.6) is 5.75 Å². The number of aromatic nitrogens is 1. The third-order valence-corrected chi connectivity index (χ3v) is 4.44. The van der Waals surface area contributed by atoms with E-state index in [9.17, 15) is 9.59 Å². The Hall–Kier alpha value is -2.80. The zero-order valence-electron chi connectivity index (χ0n) is 14.4. The van der Waals surface area contributed by atoms with Gasteiger partial charge in [-0.25, -0.2) is 0 Å². The zero-order valence-corrected chi connectivity index (χ0v) is 14.4. The molecule has 0 unspecified atom stereocenters. The van der Waals surface area contributed by atoms with Gasteiger partial charge in [-0.15, -0.1) is 0 Å². The normalized spacial score (nSPS) is 16.2. The molecular weight excluding hydrogens is 334 g/mol. The number of fused-ring (bicyclic) bond motifs is 1. The number of benzene rings is 1. The third kappa shape index (κ3) is 3.57. The molecule has 2 aromatic rings. The van der Waals surface area contributed by atoms with E-state index >= 15 is 0 Å². The van der Waals surface area contributed by atoms with Gasteiger partial charge in [0.05, 0.1) is 12.7 Å². The van der Waals surface area contributed by atoms with Crippen molar-refractivity contribution in [1.82, 2.24) is 9.58 Å². The van der Waals surface area contributed by atoms with Crippen LogP contribution in [0.1, 0.15) is 28.9 Å². The summed E-state index contributed by atoms with van der Waals surface area (Å²) < 4.78 is 12.9. The SMILES string of the molecule is O=C1c2c(OCc3ccccc3)c(=O)ccn2NCN1CCOC1CC1. The van der Waals surface area contributed by atoms with Gasteiger partial charge >= 0.3 is 0 Å². The Bertz CT molecular complexity index is 846. The number of carbonyl (C=O) groups excluding carboxylic acids is 1. The molecule has 0 saturated heterocycles. The van der Waals surface area contributed by atoms with Crippen LogP contribution in [0.2, 0.25) is 0 Å². The summed E-state index contributed by atoms with van der Waals surface area (Å²) in [5, 5.41) is 0. The molecule has 1 N–H and O–H groups in total. The number of ether oxygens (including phenoxy) is 2. The van der Waals surface area contributed by atoms with Crippen LogP contribution in [-0.2, 0) is 11.3 Å². The average molecular weight is 355 g/mol. The summed E-state index contributed by atoms with van der Waals surface area (Å²) in [6.45, 7) is 1.56. The summed E-state index contributed by atoms with van der Waals surface area (Å²) in [6.07, 6.45) is 4.11. The molecule has 1 fully saturated rings. The smallest absolute Gasteiger partial charge is 0.277 e. The summed E-state index contributed by atoms with van der Waals surface area (Å²) in [4.78, 5) is 26.8. The van der Waals surface area contributed by atoms with Crippen LogP contribution in [0.25, 0.3) is 0 Å². The number of nitrogens with one attached hydrogen (secondary N) is 1. The number of pyridine rings is 1. The van der Waals surface area contributed by atoms with Gasteiger partial charge in [-0.2, -0.15) is 0 Å². The van der Waals surface area contributed by atoms with E-state index in [4.69, 9.17) is 9.47 Å². The fourth-order valence-corrected chi connectivity index (χ4v) is 2.85. The minimum Gasteiger partial charge on any atom is -0.482 e. The minimum atomic E-state index is -0.307. The van der Waals surface area contributed by atoms with Crippen molar-refractivity contribution in [2.75, 3.05) is 25.2 Å².